The first kappa shape index (κ1) is 14.6. The van der Waals surface area contributed by atoms with Gasteiger partial charge in [0.1, 0.15) is 11.3 Å². The highest BCUT2D eigenvalue weighted by Crippen LogP contribution is 2.33. The minimum absolute atomic E-state index is 0.368. The van der Waals surface area contributed by atoms with Crippen LogP contribution in [-0.2, 0) is 4.74 Å². The van der Waals surface area contributed by atoms with Crippen LogP contribution < -0.4 is 4.74 Å². The molecule has 4 nitrogen and oxygen atoms in total. The Morgan fingerprint density at radius 1 is 1.43 bits per heavy atom. The highest BCUT2D eigenvalue weighted by atomic mass is 32.1. The second-order valence-electron chi connectivity index (χ2n) is 5.57. The van der Waals surface area contributed by atoms with Crippen LogP contribution in [-0.4, -0.2) is 29.4 Å². The molecule has 2 aromatic rings. The summed E-state index contributed by atoms with van der Waals surface area (Å²) >= 11 is 5.56. The van der Waals surface area contributed by atoms with Gasteiger partial charge in [-0.2, -0.15) is 0 Å². The van der Waals surface area contributed by atoms with Gasteiger partial charge in [0.05, 0.1) is 12.1 Å². The standard InChI is InChI=1S/C16H22N2O2S/c1-3-20-14-6-4-5-13-15(14)17-16(21)18(13)11(2)12-7-9-19-10-8-12/h4-6,11-12H,3,7-10H2,1-2H3,(H,17,21). The molecule has 1 atom stereocenters. The maximum Gasteiger partial charge on any atom is 0.178 e. The molecule has 0 aliphatic carbocycles. The zero-order chi connectivity index (χ0) is 14.8. The maximum atomic E-state index is 5.70. The Balaban J connectivity index is 2.03. The van der Waals surface area contributed by atoms with Crippen molar-refractivity contribution in [1.82, 2.24) is 9.55 Å². The molecule has 1 aliphatic heterocycles. The van der Waals surface area contributed by atoms with Crippen molar-refractivity contribution in [2.24, 2.45) is 5.92 Å². The number of fused-ring (bicyclic) bond motifs is 1. The third kappa shape index (κ3) is 2.72. The Bertz CT molecular complexity index is 670. The van der Waals surface area contributed by atoms with Crippen LogP contribution in [0, 0.1) is 10.7 Å². The van der Waals surface area contributed by atoms with E-state index >= 15 is 0 Å². The topological polar surface area (TPSA) is 39.2 Å². The van der Waals surface area contributed by atoms with Gasteiger partial charge in [-0.05, 0) is 57.0 Å². The number of rotatable bonds is 4. The molecule has 0 bridgehead atoms. The van der Waals surface area contributed by atoms with E-state index in [2.05, 4.69) is 22.5 Å². The second-order valence-corrected chi connectivity index (χ2v) is 5.96. The van der Waals surface area contributed by atoms with E-state index in [-0.39, 0.29) is 0 Å². The van der Waals surface area contributed by atoms with Crippen LogP contribution >= 0.6 is 12.2 Å². The maximum absolute atomic E-state index is 5.70. The molecule has 1 unspecified atom stereocenters. The fourth-order valence-corrected chi connectivity index (χ4v) is 3.58. The Hall–Kier alpha value is -1.33. The summed E-state index contributed by atoms with van der Waals surface area (Å²) in [7, 11) is 0. The van der Waals surface area contributed by atoms with E-state index in [0.717, 1.165) is 47.6 Å². The zero-order valence-electron chi connectivity index (χ0n) is 12.6. The van der Waals surface area contributed by atoms with Gasteiger partial charge in [0.15, 0.2) is 4.77 Å². The number of hydrogen-bond donors (Lipinski definition) is 1. The van der Waals surface area contributed by atoms with Gasteiger partial charge in [-0.25, -0.2) is 0 Å². The lowest BCUT2D eigenvalue weighted by molar-refractivity contribution is 0.0517. The van der Waals surface area contributed by atoms with E-state index in [0.29, 0.717) is 18.6 Å². The number of nitrogens with one attached hydrogen (secondary N) is 1. The highest BCUT2D eigenvalue weighted by Gasteiger charge is 2.24. The van der Waals surface area contributed by atoms with Gasteiger partial charge in [0.25, 0.3) is 0 Å². The van der Waals surface area contributed by atoms with Gasteiger partial charge in [0, 0.05) is 19.3 Å². The van der Waals surface area contributed by atoms with Gasteiger partial charge in [-0.15, -0.1) is 0 Å². The predicted octanol–water partition coefficient (Wildman–Crippen LogP) is 4.09. The number of aromatic amines is 1. The summed E-state index contributed by atoms with van der Waals surface area (Å²) in [5.74, 6) is 1.49. The Kier molecular flexibility index (Phi) is 4.31. The minimum atomic E-state index is 0.368. The quantitative estimate of drug-likeness (QED) is 0.865. The molecular formula is C16H22N2O2S. The van der Waals surface area contributed by atoms with Gasteiger partial charge in [-0.1, -0.05) is 6.07 Å². The third-order valence-electron chi connectivity index (χ3n) is 4.37. The van der Waals surface area contributed by atoms with Crippen molar-refractivity contribution in [3.63, 3.8) is 0 Å². The molecule has 114 valence electrons. The van der Waals surface area contributed by atoms with Crippen molar-refractivity contribution in [2.75, 3.05) is 19.8 Å². The highest BCUT2D eigenvalue weighted by molar-refractivity contribution is 7.71. The number of H-pyrrole nitrogens is 1. The predicted molar refractivity (Wildman–Crippen MR) is 86.5 cm³/mol. The Morgan fingerprint density at radius 2 is 2.19 bits per heavy atom. The van der Waals surface area contributed by atoms with Crippen molar-refractivity contribution >= 4 is 23.3 Å². The number of aromatic nitrogens is 2. The average Bonchev–Trinajstić information content (AvgIpc) is 2.85. The molecule has 0 spiro atoms. The van der Waals surface area contributed by atoms with Crippen LogP contribution in [0.15, 0.2) is 18.2 Å². The van der Waals surface area contributed by atoms with Crippen molar-refractivity contribution in [2.45, 2.75) is 32.7 Å². The second kappa shape index (κ2) is 6.20. The van der Waals surface area contributed by atoms with E-state index in [9.17, 15) is 0 Å². The van der Waals surface area contributed by atoms with Gasteiger partial charge in [0.2, 0.25) is 0 Å². The van der Waals surface area contributed by atoms with Crippen LogP contribution in [0.2, 0.25) is 0 Å². The molecule has 1 N–H and O–H groups in total. The van der Waals surface area contributed by atoms with Crippen LogP contribution in [0.25, 0.3) is 11.0 Å². The molecular weight excluding hydrogens is 284 g/mol. The SMILES string of the molecule is CCOc1cccc2c1[nH]c(=S)n2C(C)C1CCOCC1. The molecule has 3 rings (SSSR count). The van der Waals surface area contributed by atoms with E-state index in [1.54, 1.807) is 0 Å². The van der Waals surface area contributed by atoms with Crippen LogP contribution in [0.4, 0.5) is 0 Å². The smallest absolute Gasteiger partial charge is 0.178 e. The first-order valence-electron chi connectivity index (χ1n) is 7.66. The summed E-state index contributed by atoms with van der Waals surface area (Å²) in [5, 5.41) is 0. The monoisotopic (exact) mass is 306 g/mol. The lowest BCUT2D eigenvalue weighted by Gasteiger charge is -2.29. The summed E-state index contributed by atoms with van der Waals surface area (Å²) in [6.07, 6.45) is 2.20. The summed E-state index contributed by atoms with van der Waals surface area (Å²) in [6.45, 7) is 6.62. The molecule has 1 aliphatic rings. The number of imidazole rings is 1. The zero-order valence-corrected chi connectivity index (χ0v) is 13.4. The molecule has 5 heteroatoms. The molecule has 1 aromatic carbocycles. The molecule has 0 saturated carbocycles. The number of benzene rings is 1. The Labute approximate surface area is 130 Å². The molecule has 0 amide bonds. The number of hydrogen-bond acceptors (Lipinski definition) is 3. The lowest BCUT2D eigenvalue weighted by Crippen LogP contribution is -2.24. The average molecular weight is 306 g/mol. The fourth-order valence-electron chi connectivity index (χ4n) is 3.21. The third-order valence-corrected chi connectivity index (χ3v) is 4.67. The molecule has 0 radical (unpaired) electrons. The van der Waals surface area contributed by atoms with Crippen molar-refractivity contribution in [3.8, 4) is 5.75 Å². The van der Waals surface area contributed by atoms with Crippen LogP contribution in [0.5, 0.6) is 5.75 Å². The molecule has 1 aromatic heterocycles. The molecule has 21 heavy (non-hydrogen) atoms. The van der Waals surface area contributed by atoms with Crippen LogP contribution in [0.3, 0.4) is 0 Å². The Morgan fingerprint density at radius 3 is 2.90 bits per heavy atom. The first-order valence-corrected chi connectivity index (χ1v) is 8.07. The van der Waals surface area contributed by atoms with Crippen LogP contribution in [0.1, 0.15) is 32.7 Å². The molecule has 2 heterocycles. The van der Waals surface area contributed by atoms with Crippen molar-refractivity contribution < 1.29 is 9.47 Å². The van der Waals surface area contributed by atoms with Crippen molar-refractivity contribution in [3.05, 3.63) is 23.0 Å². The first-order chi connectivity index (χ1) is 10.2. The lowest BCUT2D eigenvalue weighted by atomic mass is 9.92. The summed E-state index contributed by atoms with van der Waals surface area (Å²) in [4.78, 5) is 3.32. The number of nitrogens with zero attached hydrogens (tertiary/aromatic N) is 1. The normalized spacial score (nSPS) is 18.0. The number of ether oxygens (including phenoxy) is 2. The largest absolute Gasteiger partial charge is 0.492 e. The van der Waals surface area contributed by atoms with E-state index in [1.165, 1.54) is 0 Å². The molecule has 1 saturated heterocycles. The van der Waals surface area contributed by atoms with Gasteiger partial charge < -0.3 is 19.0 Å². The fraction of sp³-hybridized carbons (Fsp3) is 0.562. The molecule has 1 fully saturated rings. The van der Waals surface area contributed by atoms with E-state index in [1.807, 2.05) is 19.1 Å². The van der Waals surface area contributed by atoms with E-state index in [4.69, 9.17) is 21.7 Å². The van der Waals surface area contributed by atoms with Gasteiger partial charge in [-0.3, -0.25) is 0 Å². The number of para-hydroxylation sites is 1. The summed E-state index contributed by atoms with van der Waals surface area (Å²) in [5.41, 5.74) is 2.13. The van der Waals surface area contributed by atoms with Crippen molar-refractivity contribution in [1.29, 1.82) is 0 Å². The minimum Gasteiger partial charge on any atom is -0.492 e. The van der Waals surface area contributed by atoms with E-state index < -0.39 is 0 Å². The van der Waals surface area contributed by atoms with Gasteiger partial charge >= 0.3 is 0 Å². The summed E-state index contributed by atoms with van der Waals surface area (Å²) in [6, 6.07) is 6.50. The summed E-state index contributed by atoms with van der Waals surface area (Å²) < 4.78 is 14.2.